The summed E-state index contributed by atoms with van der Waals surface area (Å²) in [5.74, 6) is 1.24. The van der Waals surface area contributed by atoms with Gasteiger partial charge in [0, 0.05) is 11.1 Å². The largest absolute Gasteiger partial charge is 0.310 e. The lowest BCUT2D eigenvalue weighted by Crippen LogP contribution is -2.31. The minimum atomic E-state index is -0.199. The van der Waals surface area contributed by atoms with Gasteiger partial charge in [-0.3, -0.25) is 0 Å². The van der Waals surface area contributed by atoms with E-state index in [0.717, 1.165) is 18.0 Å². The van der Waals surface area contributed by atoms with E-state index in [1.807, 2.05) is 0 Å². The average Bonchev–Trinajstić information content (AvgIpc) is 2.48. The van der Waals surface area contributed by atoms with E-state index in [-0.39, 0.29) is 11.9 Å². The van der Waals surface area contributed by atoms with Gasteiger partial charge in [-0.05, 0) is 55.0 Å². The summed E-state index contributed by atoms with van der Waals surface area (Å²) in [5.41, 5.74) is 0.925. The highest BCUT2D eigenvalue weighted by molar-refractivity contribution is 6.31. The highest BCUT2D eigenvalue weighted by Crippen LogP contribution is 2.39. The van der Waals surface area contributed by atoms with E-state index in [4.69, 9.17) is 11.6 Å². The molecule has 0 saturated heterocycles. The molecule has 1 nitrogen and oxygen atoms in total. The maximum Gasteiger partial charge on any atom is 0.123 e. The van der Waals surface area contributed by atoms with E-state index in [2.05, 4.69) is 19.2 Å². The molecule has 1 aromatic rings. The molecule has 1 aromatic carbocycles. The summed E-state index contributed by atoms with van der Waals surface area (Å²) in [6.45, 7) is 5.25. The third kappa shape index (κ3) is 3.73. The third-order valence-corrected chi connectivity index (χ3v) is 5.00. The smallest absolute Gasteiger partial charge is 0.123 e. The maximum absolute atomic E-state index is 13.5. The van der Waals surface area contributed by atoms with E-state index >= 15 is 0 Å². The van der Waals surface area contributed by atoms with Gasteiger partial charge in [0.15, 0.2) is 0 Å². The summed E-state index contributed by atoms with van der Waals surface area (Å²) >= 11 is 6.30. The van der Waals surface area contributed by atoms with Crippen molar-refractivity contribution in [2.75, 3.05) is 6.54 Å². The fourth-order valence-electron chi connectivity index (χ4n) is 3.43. The first-order chi connectivity index (χ1) is 9.65. The molecule has 1 unspecified atom stereocenters. The number of hydrogen-bond acceptors (Lipinski definition) is 1. The van der Waals surface area contributed by atoms with Crippen LogP contribution in [0.3, 0.4) is 0 Å². The van der Waals surface area contributed by atoms with Crippen molar-refractivity contribution in [1.82, 2.24) is 5.32 Å². The number of nitrogens with one attached hydrogen (secondary N) is 1. The molecule has 0 aromatic heterocycles. The van der Waals surface area contributed by atoms with Crippen molar-refractivity contribution >= 4 is 11.6 Å². The minimum absolute atomic E-state index is 0.181. The predicted molar refractivity (Wildman–Crippen MR) is 83.6 cm³/mol. The van der Waals surface area contributed by atoms with Gasteiger partial charge in [0.2, 0.25) is 0 Å². The quantitative estimate of drug-likeness (QED) is 0.773. The van der Waals surface area contributed by atoms with Crippen molar-refractivity contribution in [1.29, 1.82) is 0 Å². The van der Waals surface area contributed by atoms with E-state index in [1.165, 1.54) is 38.2 Å². The van der Waals surface area contributed by atoms with Crippen molar-refractivity contribution in [3.63, 3.8) is 0 Å². The minimum Gasteiger partial charge on any atom is -0.310 e. The van der Waals surface area contributed by atoms with Crippen LogP contribution in [0.25, 0.3) is 0 Å². The predicted octanol–water partition coefficient (Wildman–Crippen LogP) is 5.35. The molecule has 0 spiro atoms. The van der Waals surface area contributed by atoms with Gasteiger partial charge < -0.3 is 5.32 Å². The molecule has 2 rings (SSSR count). The fourth-order valence-corrected chi connectivity index (χ4v) is 3.67. The number of benzene rings is 1. The average molecular weight is 298 g/mol. The lowest BCUT2D eigenvalue weighted by atomic mass is 9.76. The standard InChI is InChI=1S/C17H25ClFN/c1-3-12-5-7-13(8-6-12)17(20-4-2)15-11-14(19)9-10-16(15)18/h9-13,17,20H,3-8H2,1-2H3. The van der Waals surface area contributed by atoms with Crippen molar-refractivity contribution in [2.24, 2.45) is 11.8 Å². The van der Waals surface area contributed by atoms with Crippen LogP contribution in [0.2, 0.25) is 5.02 Å². The van der Waals surface area contributed by atoms with Crippen molar-refractivity contribution < 1.29 is 4.39 Å². The number of rotatable bonds is 5. The van der Waals surface area contributed by atoms with Gasteiger partial charge in [-0.25, -0.2) is 4.39 Å². The van der Waals surface area contributed by atoms with Gasteiger partial charge in [0.05, 0.1) is 0 Å². The highest BCUT2D eigenvalue weighted by Gasteiger charge is 2.28. The van der Waals surface area contributed by atoms with Crippen LogP contribution in [0.1, 0.15) is 57.6 Å². The summed E-state index contributed by atoms with van der Waals surface area (Å²) in [4.78, 5) is 0. The molecule has 0 heterocycles. The summed E-state index contributed by atoms with van der Waals surface area (Å²) in [6, 6.07) is 4.89. The van der Waals surface area contributed by atoms with Crippen LogP contribution in [0.4, 0.5) is 4.39 Å². The third-order valence-electron chi connectivity index (χ3n) is 4.66. The van der Waals surface area contributed by atoms with Gasteiger partial charge in [0.25, 0.3) is 0 Å². The lowest BCUT2D eigenvalue weighted by molar-refractivity contribution is 0.220. The summed E-state index contributed by atoms with van der Waals surface area (Å²) in [6.07, 6.45) is 6.28. The first kappa shape index (κ1) is 15.8. The second-order valence-corrected chi connectivity index (χ2v) is 6.30. The van der Waals surface area contributed by atoms with Gasteiger partial charge >= 0.3 is 0 Å². The lowest BCUT2D eigenvalue weighted by Gasteiger charge is -2.34. The normalized spacial score (nSPS) is 24.6. The molecule has 0 aliphatic heterocycles. The van der Waals surface area contributed by atoms with Crippen LogP contribution in [-0.2, 0) is 0 Å². The Morgan fingerprint density at radius 3 is 2.55 bits per heavy atom. The van der Waals surface area contributed by atoms with Crippen LogP contribution in [-0.4, -0.2) is 6.54 Å². The molecular weight excluding hydrogens is 273 g/mol. The van der Waals surface area contributed by atoms with Crippen molar-refractivity contribution in [2.45, 2.75) is 52.0 Å². The molecule has 1 fully saturated rings. The molecule has 1 saturated carbocycles. The zero-order chi connectivity index (χ0) is 14.5. The van der Waals surface area contributed by atoms with Crippen LogP contribution < -0.4 is 5.32 Å². The first-order valence-corrected chi connectivity index (χ1v) is 8.21. The van der Waals surface area contributed by atoms with Crippen LogP contribution >= 0.6 is 11.6 Å². The first-order valence-electron chi connectivity index (χ1n) is 7.84. The van der Waals surface area contributed by atoms with Gasteiger partial charge in [0.1, 0.15) is 5.82 Å². The SMILES string of the molecule is CCNC(c1cc(F)ccc1Cl)C1CCC(CC)CC1. The van der Waals surface area contributed by atoms with Crippen LogP contribution in [0, 0.1) is 17.7 Å². The molecule has 1 aliphatic rings. The van der Waals surface area contributed by atoms with Crippen LogP contribution in [0.5, 0.6) is 0 Å². The van der Waals surface area contributed by atoms with Crippen molar-refractivity contribution in [3.05, 3.63) is 34.6 Å². The number of hydrogen-bond donors (Lipinski definition) is 1. The van der Waals surface area contributed by atoms with Gasteiger partial charge in [-0.15, -0.1) is 0 Å². The zero-order valence-electron chi connectivity index (χ0n) is 12.5. The van der Waals surface area contributed by atoms with E-state index in [1.54, 1.807) is 12.1 Å². The Morgan fingerprint density at radius 1 is 1.25 bits per heavy atom. The van der Waals surface area contributed by atoms with Crippen LogP contribution in [0.15, 0.2) is 18.2 Å². The highest BCUT2D eigenvalue weighted by atomic mass is 35.5. The Hall–Kier alpha value is -0.600. The van der Waals surface area contributed by atoms with Crippen molar-refractivity contribution in [3.8, 4) is 0 Å². The summed E-state index contributed by atoms with van der Waals surface area (Å²) in [5, 5.41) is 4.19. The topological polar surface area (TPSA) is 12.0 Å². The van der Waals surface area contributed by atoms with E-state index < -0.39 is 0 Å². The Bertz CT molecular complexity index is 427. The molecule has 1 aliphatic carbocycles. The molecule has 112 valence electrons. The maximum atomic E-state index is 13.5. The molecule has 1 N–H and O–H groups in total. The summed E-state index contributed by atoms with van der Waals surface area (Å²) < 4.78 is 13.5. The van der Waals surface area contributed by atoms with Gasteiger partial charge in [-0.1, -0.05) is 44.7 Å². The molecule has 20 heavy (non-hydrogen) atoms. The number of halogens is 2. The monoisotopic (exact) mass is 297 g/mol. The molecule has 3 heteroatoms. The fraction of sp³-hybridized carbons (Fsp3) is 0.647. The van der Waals surface area contributed by atoms with E-state index in [0.29, 0.717) is 10.9 Å². The Kier molecular flexibility index (Phi) is 5.86. The molecule has 0 amide bonds. The Balaban J connectivity index is 2.16. The molecule has 0 bridgehead atoms. The molecular formula is C17H25ClFN. The second-order valence-electron chi connectivity index (χ2n) is 5.89. The zero-order valence-corrected chi connectivity index (χ0v) is 13.2. The second kappa shape index (κ2) is 7.42. The Labute approximate surface area is 126 Å². The molecule has 1 atom stereocenters. The van der Waals surface area contributed by atoms with Gasteiger partial charge in [-0.2, -0.15) is 0 Å². The summed E-state index contributed by atoms with van der Waals surface area (Å²) in [7, 11) is 0. The van der Waals surface area contributed by atoms with E-state index in [9.17, 15) is 4.39 Å². The molecule has 0 radical (unpaired) electrons. The Morgan fingerprint density at radius 2 is 1.95 bits per heavy atom.